The van der Waals surface area contributed by atoms with Crippen molar-refractivity contribution in [1.82, 2.24) is 5.16 Å². The number of carbonyl (C=O) groups is 2. The number of fused-ring (bicyclic) bond motifs is 5. The fourth-order valence-electron chi connectivity index (χ4n) is 3.59. The molecule has 2 bridgehead atoms. The molecule has 92 valence electrons. The normalized spacial score (nSPS) is 36.8. The summed E-state index contributed by atoms with van der Waals surface area (Å²) in [5, 5.41) is 3.79. The van der Waals surface area contributed by atoms with Gasteiger partial charge in [-0.25, -0.2) is 4.90 Å². The number of allylic oxidation sites excluding steroid dienone is 2. The maximum Gasteiger partial charge on any atom is 0.239 e. The summed E-state index contributed by atoms with van der Waals surface area (Å²) < 4.78 is 4.95. The van der Waals surface area contributed by atoms with Crippen molar-refractivity contribution in [3.05, 3.63) is 24.0 Å². The quantitative estimate of drug-likeness (QED) is 0.551. The van der Waals surface area contributed by atoms with E-state index in [1.807, 2.05) is 0 Å². The third-order valence-electron chi connectivity index (χ3n) is 4.31. The van der Waals surface area contributed by atoms with Crippen molar-refractivity contribution < 1.29 is 14.1 Å². The molecule has 0 aromatic carbocycles. The Morgan fingerprint density at radius 3 is 2.33 bits per heavy atom. The Morgan fingerprint density at radius 2 is 1.83 bits per heavy atom. The highest BCUT2D eigenvalue weighted by atomic mass is 16.5. The molecule has 0 radical (unpaired) electrons. The lowest BCUT2D eigenvalue weighted by atomic mass is 9.85. The molecule has 1 aromatic rings. The van der Waals surface area contributed by atoms with E-state index in [1.165, 1.54) is 4.90 Å². The van der Waals surface area contributed by atoms with Gasteiger partial charge in [0.05, 0.1) is 11.8 Å². The molecule has 0 unspecified atom stereocenters. The first-order valence-corrected chi connectivity index (χ1v) is 6.16. The number of imide groups is 1. The van der Waals surface area contributed by atoms with Crippen molar-refractivity contribution in [2.75, 3.05) is 4.90 Å². The van der Waals surface area contributed by atoms with Crippen LogP contribution < -0.4 is 4.90 Å². The Hall–Kier alpha value is -1.91. The highest BCUT2D eigenvalue weighted by Gasteiger charge is 2.60. The summed E-state index contributed by atoms with van der Waals surface area (Å²) in [7, 11) is 0. The van der Waals surface area contributed by atoms with Gasteiger partial charge >= 0.3 is 0 Å². The van der Waals surface area contributed by atoms with Crippen LogP contribution in [0.25, 0.3) is 0 Å². The predicted octanol–water partition coefficient (Wildman–Crippen LogP) is 1.29. The summed E-state index contributed by atoms with van der Waals surface area (Å²) >= 11 is 0. The van der Waals surface area contributed by atoms with E-state index in [2.05, 4.69) is 17.3 Å². The van der Waals surface area contributed by atoms with Gasteiger partial charge in [0.2, 0.25) is 11.8 Å². The third-order valence-corrected chi connectivity index (χ3v) is 4.31. The number of hydrogen-bond donors (Lipinski definition) is 0. The van der Waals surface area contributed by atoms with Gasteiger partial charge in [0.1, 0.15) is 5.76 Å². The lowest BCUT2D eigenvalue weighted by Crippen LogP contribution is -2.33. The minimum atomic E-state index is -0.176. The van der Waals surface area contributed by atoms with Gasteiger partial charge in [-0.1, -0.05) is 17.3 Å². The van der Waals surface area contributed by atoms with Crippen molar-refractivity contribution in [3.8, 4) is 0 Å². The Bertz CT molecular complexity index is 559. The van der Waals surface area contributed by atoms with E-state index in [0.29, 0.717) is 11.6 Å². The van der Waals surface area contributed by atoms with Gasteiger partial charge in [0, 0.05) is 6.07 Å². The summed E-state index contributed by atoms with van der Waals surface area (Å²) in [4.78, 5) is 26.0. The third kappa shape index (κ3) is 1.04. The molecule has 18 heavy (non-hydrogen) atoms. The first-order chi connectivity index (χ1) is 8.66. The van der Waals surface area contributed by atoms with E-state index in [-0.39, 0.29) is 35.5 Å². The van der Waals surface area contributed by atoms with Crippen molar-refractivity contribution >= 4 is 17.6 Å². The lowest BCUT2D eigenvalue weighted by Gasteiger charge is -2.14. The van der Waals surface area contributed by atoms with Crippen LogP contribution in [-0.2, 0) is 9.59 Å². The maximum atomic E-state index is 12.4. The summed E-state index contributed by atoms with van der Waals surface area (Å²) in [6, 6.07) is 1.63. The van der Waals surface area contributed by atoms with Crippen LogP contribution in [0.5, 0.6) is 0 Å². The van der Waals surface area contributed by atoms with E-state index >= 15 is 0 Å². The SMILES string of the molecule is Cc1cc(N2C(=O)[C@@H]3[C@@H](C2=O)[C@H]2C=C[C@@H]3C2)no1. The minimum Gasteiger partial charge on any atom is -0.360 e. The molecule has 5 nitrogen and oxygen atoms in total. The van der Waals surface area contributed by atoms with Gasteiger partial charge in [-0.05, 0) is 25.2 Å². The zero-order chi connectivity index (χ0) is 12.4. The Balaban J connectivity index is 1.76. The predicted molar refractivity (Wildman–Crippen MR) is 61.5 cm³/mol. The molecule has 4 rings (SSSR count). The molecule has 3 aliphatic rings. The molecule has 2 fully saturated rings. The summed E-state index contributed by atoms with van der Waals surface area (Å²) in [5.41, 5.74) is 0. The van der Waals surface area contributed by atoms with Crippen molar-refractivity contribution in [2.24, 2.45) is 23.7 Å². The number of hydrogen-bond acceptors (Lipinski definition) is 4. The monoisotopic (exact) mass is 244 g/mol. The van der Waals surface area contributed by atoms with E-state index in [4.69, 9.17) is 4.52 Å². The average Bonchev–Trinajstić information content (AvgIpc) is 3.05. The number of aromatic nitrogens is 1. The van der Waals surface area contributed by atoms with Gasteiger partial charge in [0.15, 0.2) is 5.82 Å². The summed E-state index contributed by atoms with van der Waals surface area (Å²) in [6.45, 7) is 1.74. The van der Waals surface area contributed by atoms with Gasteiger partial charge in [0.25, 0.3) is 0 Å². The highest BCUT2D eigenvalue weighted by Crippen LogP contribution is 2.53. The van der Waals surface area contributed by atoms with Crippen LogP contribution in [0.15, 0.2) is 22.7 Å². The van der Waals surface area contributed by atoms with E-state index < -0.39 is 0 Å². The first kappa shape index (κ1) is 10.1. The molecule has 1 aliphatic heterocycles. The molecule has 2 amide bonds. The second-order valence-electron chi connectivity index (χ2n) is 5.31. The molecule has 2 aliphatic carbocycles. The van der Waals surface area contributed by atoms with Crippen molar-refractivity contribution in [3.63, 3.8) is 0 Å². The zero-order valence-electron chi connectivity index (χ0n) is 9.87. The fourth-order valence-corrected chi connectivity index (χ4v) is 3.59. The summed E-state index contributed by atoms with van der Waals surface area (Å²) in [6.07, 6.45) is 5.10. The van der Waals surface area contributed by atoms with Crippen LogP contribution in [0.4, 0.5) is 5.82 Å². The second-order valence-corrected chi connectivity index (χ2v) is 5.31. The topological polar surface area (TPSA) is 63.4 Å². The molecular formula is C13H12N2O3. The molecule has 5 heteroatoms. The maximum absolute atomic E-state index is 12.4. The number of anilines is 1. The molecule has 2 heterocycles. The van der Waals surface area contributed by atoms with Crippen molar-refractivity contribution in [2.45, 2.75) is 13.3 Å². The first-order valence-electron chi connectivity index (χ1n) is 6.16. The fraction of sp³-hybridized carbons (Fsp3) is 0.462. The molecule has 1 saturated heterocycles. The number of rotatable bonds is 1. The Morgan fingerprint density at radius 1 is 1.22 bits per heavy atom. The van der Waals surface area contributed by atoms with Crippen LogP contribution in [0.2, 0.25) is 0 Å². The lowest BCUT2D eigenvalue weighted by molar-refractivity contribution is -0.123. The Labute approximate surface area is 103 Å². The smallest absolute Gasteiger partial charge is 0.239 e. The second kappa shape index (κ2) is 3.10. The molecule has 1 saturated carbocycles. The number of amides is 2. The van der Waals surface area contributed by atoms with Gasteiger partial charge < -0.3 is 4.52 Å². The number of carbonyl (C=O) groups excluding carboxylic acids is 2. The van der Waals surface area contributed by atoms with Gasteiger partial charge in [-0.3, -0.25) is 9.59 Å². The minimum absolute atomic E-state index is 0.116. The van der Waals surface area contributed by atoms with Crippen LogP contribution in [-0.4, -0.2) is 17.0 Å². The number of nitrogens with zero attached hydrogens (tertiary/aromatic N) is 2. The zero-order valence-corrected chi connectivity index (χ0v) is 9.87. The molecule has 1 aromatic heterocycles. The van der Waals surface area contributed by atoms with Crippen molar-refractivity contribution in [1.29, 1.82) is 0 Å². The standard InChI is InChI=1S/C13H12N2O3/c1-6-4-9(14-18-6)15-12(16)10-7-2-3-8(5-7)11(10)13(15)17/h2-4,7-8,10-11H,5H2,1H3/t7-,8+,10-,11-/m0/s1. The van der Waals surface area contributed by atoms with Crippen LogP contribution in [0.3, 0.4) is 0 Å². The molecular weight excluding hydrogens is 232 g/mol. The summed E-state index contributed by atoms with van der Waals surface area (Å²) in [5.74, 6) is 0.809. The highest BCUT2D eigenvalue weighted by molar-refractivity contribution is 6.22. The van der Waals surface area contributed by atoms with Gasteiger partial charge in [-0.15, -0.1) is 0 Å². The Kier molecular flexibility index (Phi) is 1.73. The molecule has 0 N–H and O–H groups in total. The van der Waals surface area contributed by atoms with E-state index in [9.17, 15) is 9.59 Å². The molecule has 0 spiro atoms. The number of aryl methyl sites for hydroxylation is 1. The van der Waals surface area contributed by atoms with Crippen LogP contribution >= 0.6 is 0 Å². The van der Waals surface area contributed by atoms with Crippen LogP contribution in [0, 0.1) is 30.6 Å². The van der Waals surface area contributed by atoms with Gasteiger partial charge in [-0.2, -0.15) is 0 Å². The van der Waals surface area contributed by atoms with Crippen LogP contribution in [0.1, 0.15) is 12.2 Å². The largest absolute Gasteiger partial charge is 0.360 e. The molecule has 4 atom stereocenters. The average molecular weight is 244 g/mol. The van der Waals surface area contributed by atoms with E-state index in [1.54, 1.807) is 13.0 Å². The van der Waals surface area contributed by atoms with E-state index in [0.717, 1.165) is 6.42 Å².